The summed E-state index contributed by atoms with van der Waals surface area (Å²) in [4.78, 5) is 6.24. The lowest BCUT2D eigenvalue weighted by molar-refractivity contribution is 0.221. The molecule has 3 atom stereocenters. The lowest BCUT2D eigenvalue weighted by Gasteiger charge is -2.27. The van der Waals surface area contributed by atoms with E-state index in [0.29, 0.717) is 24.5 Å². The summed E-state index contributed by atoms with van der Waals surface area (Å²) >= 11 is 5.33. The van der Waals surface area contributed by atoms with Crippen LogP contribution in [0.15, 0.2) is 15.9 Å². The highest BCUT2D eigenvalue weighted by Crippen LogP contribution is 2.33. The molecule has 1 aromatic rings. The van der Waals surface area contributed by atoms with E-state index in [9.17, 15) is 0 Å². The van der Waals surface area contributed by atoms with Gasteiger partial charge < -0.3 is 10.6 Å². The Labute approximate surface area is 122 Å². The first-order valence-corrected chi connectivity index (χ1v) is 8.04. The van der Waals surface area contributed by atoms with Crippen molar-refractivity contribution in [1.82, 2.24) is 9.80 Å². The van der Waals surface area contributed by atoms with Crippen LogP contribution in [0.4, 0.5) is 0 Å². The minimum atomic E-state index is 0.369. The van der Waals surface area contributed by atoms with E-state index in [1.165, 1.54) is 4.88 Å². The van der Waals surface area contributed by atoms with Crippen molar-refractivity contribution in [3.63, 3.8) is 0 Å². The maximum Gasteiger partial charge on any atom is 0.0565 e. The Morgan fingerprint density at radius 2 is 2.28 bits per heavy atom. The number of halogens is 1. The van der Waals surface area contributed by atoms with E-state index in [4.69, 9.17) is 5.73 Å². The Hall–Kier alpha value is 0.0600. The van der Waals surface area contributed by atoms with Crippen molar-refractivity contribution in [2.24, 2.45) is 11.7 Å². The van der Waals surface area contributed by atoms with Crippen LogP contribution in [0.25, 0.3) is 0 Å². The maximum atomic E-state index is 6.00. The number of likely N-dealkylation sites (tertiary alicyclic amines) is 1. The average Bonchev–Trinajstić information content (AvgIpc) is 2.87. The molecule has 0 bridgehead atoms. The highest BCUT2D eigenvalue weighted by atomic mass is 79.9. The van der Waals surface area contributed by atoms with E-state index in [0.717, 1.165) is 17.6 Å². The van der Waals surface area contributed by atoms with Gasteiger partial charge >= 0.3 is 0 Å². The summed E-state index contributed by atoms with van der Waals surface area (Å²) in [7, 11) is 4.34. The van der Waals surface area contributed by atoms with Crippen molar-refractivity contribution in [3.8, 4) is 0 Å². The molecule has 18 heavy (non-hydrogen) atoms. The molecule has 3 unspecified atom stereocenters. The molecule has 2 N–H and O–H groups in total. The first kappa shape index (κ1) is 14.5. The van der Waals surface area contributed by atoms with Crippen LogP contribution < -0.4 is 5.73 Å². The van der Waals surface area contributed by atoms with Crippen LogP contribution in [0.3, 0.4) is 0 Å². The Morgan fingerprint density at radius 1 is 1.56 bits per heavy atom. The molecule has 2 rings (SSSR count). The molecule has 1 aromatic heterocycles. The van der Waals surface area contributed by atoms with Gasteiger partial charge in [-0.3, -0.25) is 4.90 Å². The van der Waals surface area contributed by atoms with Crippen molar-refractivity contribution in [3.05, 3.63) is 20.8 Å². The van der Waals surface area contributed by atoms with E-state index in [2.05, 4.69) is 58.2 Å². The topological polar surface area (TPSA) is 32.5 Å². The molecule has 1 aliphatic rings. The van der Waals surface area contributed by atoms with E-state index in [1.54, 1.807) is 11.3 Å². The Bertz CT molecular complexity index is 393. The minimum Gasteiger partial charge on any atom is -0.329 e. The molecule has 0 spiro atoms. The quantitative estimate of drug-likeness (QED) is 0.919. The van der Waals surface area contributed by atoms with Crippen molar-refractivity contribution in [1.29, 1.82) is 0 Å². The molecule has 102 valence electrons. The predicted molar refractivity (Wildman–Crippen MR) is 82.0 cm³/mol. The number of hydrogen-bond donors (Lipinski definition) is 1. The zero-order valence-corrected chi connectivity index (χ0v) is 13.7. The van der Waals surface area contributed by atoms with Crippen LogP contribution >= 0.6 is 27.3 Å². The fraction of sp³-hybridized carbons (Fsp3) is 0.692. The molecule has 0 radical (unpaired) electrons. The van der Waals surface area contributed by atoms with Gasteiger partial charge in [0.2, 0.25) is 0 Å². The lowest BCUT2D eigenvalue weighted by Crippen LogP contribution is -2.36. The average molecular weight is 332 g/mol. The van der Waals surface area contributed by atoms with Crippen LogP contribution in [0.1, 0.15) is 17.8 Å². The Balaban J connectivity index is 2.11. The fourth-order valence-corrected chi connectivity index (χ4v) is 4.45. The molecule has 1 aliphatic heterocycles. The van der Waals surface area contributed by atoms with Crippen molar-refractivity contribution in [2.75, 3.05) is 33.7 Å². The Morgan fingerprint density at radius 3 is 2.72 bits per heavy atom. The molecular weight excluding hydrogens is 310 g/mol. The summed E-state index contributed by atoms with van der Waals surface area (Å²) in [5.74, 6) is 0.706. The highest BCUT2D eigenvalue weighted by molar-refractivity contribution is 9.10. The van der Waals surface area contributed by atoms with Gasteiger partial charge in [0, 0.05) is 40.4 Å². The second-order valence-electron chi connectivity index (χ2n) is 5.38. The summed E-state index contributed by atoms with van der Waals surface area (Å²) in [6, 6.07) is 3.21. The molecule has 5 heteroatoms. The smallest absolute Gasteiger partial charge is 0.0565 e. The molecule has 2 heterocycles. The molecule has 0 saturated carbocycles. The summed E-state index contributed by atoms with van der Waals surface area (Å²) < 4.78 is 1.16. The van der Waals surface area contributed by atoms with Gasteiger partial charge in [0.25, 0.3) is 0 Å². The van der Waals surface area contributed by atoms with Crippen LogP contribution in [-0.4, -0.2) is 49.6 Å². The zero-order chi connectivity index (χ0) is 13.3. The minimum absolute atomic E-state index is 0.369. The van der Waals surface area contributed by atoms with Gasteiger partial charge in [-0.15, -0.1) is 11.3 Å². The van der Waals surface area contributed by atoms with E-state index in [1.807, 2.05) is 0 Å². The highest BCUT2D eigenvalue weighted by Gasteiger charge is 2.35. The van der Waals surface area contributed by atoms with Gasteiger partial charge in [0.1, 0.15) is 0 Å². The van der Waals surface area contributed by atoms with Crippen molar-refractivity contribution >= 4 is 27.3 Å². The molecule has 1 fully saturated rings. The molecule has 0 aliphatic carbocycles. The van der Waals surface area contributed by atoms with Crippen LogP contribution in [-0.2, 0) is 0 Å². The number of hydrogen-bond acceptors (Lipinski definition) is 4. The number of rotatable bonds is 4. The first-order chi connectivity index (χ1) is 8.52. The largest absolute Gasteiger partial charge is 0.329 e. The lowest BCUT2D eigenvalue weighted by atomic mass is 10.1. The summed E-state index contributed by atoms with van der Waals surface area (Å²) in [5.41, 5.74) is 6.00. The van der Waals surface area contributed by atoms with Gasteiger partial charge in [-0.2, -0.15) is 0 Å². The van der Waals surface area contributed by atoms with Gasteiger partial charge in [-0.05, 0) is 42.0 Å². The van der Waals surface area contributed by atoms with Crippen LogP contribution in [0, 0.1) is 5.92 Å². The van der Waals surface area contributed by atoms with Crippen LogP contribution in [0.2, 0.25) is 0 Å². The zero-order valence-electron chi connectivity index (χ0n) is 11.3. The standard InChI is InChI=1S/C13H22BrN3S/c1-9-6-17(7-12(9)16(2)3)11(5-15)13-4-10(14)8-18-13/h4,8-9,11-12H,5-7,15H2,1-3H3. The first-order valence-electron chi connectivity index (χ1n) is 6.37. The number of nitrogens with zero attached hydrogens (tertiary/aromatic N) is 2. The van der Waals surface area contributed by atoms with Crippen LogP contribution in [0.5, 0.6) is 0 Å². The molecule has 1 saturated heterocycles. The number of nitrogens with two attached hydrogens (primary N) is 1. The molecule has 3 nitrogen and oxygen atoms in total. The number of thiophene rings is 1. The Kier molecular flexibility index (Phi) is 4.83. The summed E-state index contributed by atoms with van der Waals surface area (Å²) in [5, 5.41) is 2.14. The molecule has 0 aromatic carbocycles. The third-order valence-electron chi connectivity index (χ3n) is 3.84. The number of likely N-dealkylation sites (N-methyl/N-ethyl adjacent to an activating group) is 1. The maximum absolute atomic E-state index is 6.00. The third-order valence-corrected chi connectivity index (χ3v) is 5.64. The SMILES string of the molecule is CC1CN(C(CN)c2cc(Br)cs2)CC1N(C)C. The monoisotopic (exact) mass is 331 g/mol. The summed E-state index contributed by atoms with van der Waals surface area (Å²) in [6.45, 7) is 5.29. The molecule has 0 amide bonds. The normalized spacial score (nSPS) is 27.0. The van der Waals surface area contributed by atoms with E-state index >= 15 is 0 Å². The van der Waals surface area contributed by atoms with Crippen molar-refractivity contribution < 1.29 is 0 Å². The second kappa shape index (κ2) is 6.01. The second-order valence-corrected chi connectivity index (χ2v) is 7.24. The van der Waals surface area contributed by atoms with Gasteiger partial charge in [-0.25, -0.2) is 0 Å². The molecular formula is C13H22BrN3S. The van der Waals surface area contributed by atoms with E-state index < -0.39 is 0 Å². The van der Waals surface area contributed by atoms with Gasteiger partial charge in [0.15, 0.2) is 0 Å². The summed E-state index contributed by atoms with van der Waals surface area (Å²) in [6.07, 6.45) is 0. The van der Waals surface area contributed by atoms with Crippen molar-refractivity contribution in [2.45, 2.75) is 19.0 Å². The van der Waals surface area contributed by atoms with E-state index in [-0.39, 0.29) is 0 Å². The predicted octanol–water partition coefficient (Wildman–Crippen LogP) is 2.39. The fourth-order valence-electron chi connectivity index (χ4n) is 2.86. The van der Waals surface area contributed by atoms with Gasteiger partial charge in [-0.1, -0.05) is 6.92 Å². The third kappa shape index (κ3) is 2.96. The van der Waals surface area contributed by atoms with Gasteiger partial charge in [0.05, 0.1) is 6.04 Å².